The molecule has 3 N–H and O–H groups in total. The number of anilines is 2. The second kappa shape index (κ2) is 9.63. The Morgan fingerprint density at radius 2 is 1.82 bits per heavy atom. The van der Waals surface area contributed by atoms with Crippen molar-refractivity contribution in [1.29, 1.82) is 0 Å². The number of nitrogens with two attached hydrogens (primary N) is 1. The Kier molecular flexibility index (Phi) is 6.47. The summed E-state index contributed by atoms with van der Waals surface area (Å²) in [6, 6.07) is 9.96. The number of benzene rings is 2. The van der Waals surface area contributed by atoms with E-state index >= 15 is 0 Å². The summed E-state index contributed by atoms with van der Waals surface area (Å²) in [6.07, 6.45) is 2.14. The highest BCUT2D eigenvalue weighted by atomic mass is 32.2. The number of alkyl halides is 3. The Hall–Kier alpha value is -4.13. The molecule has 9 nitrogen and oxygen atoms in total. The van der Waals surface area contributed by atoms with E-state index < -0.39 is 32.8 Å². The first-order valence-corrected chi connectivity index (χ1v) is 13.1. The van der Waals surface area contributed by atoms with Crippen LogP contribution in [0.3, 0.4) is 0 Å². The summed E-state index contributed by atoms with van der Waals surface area (Å²) in [5.74, 6) is -0.925. The molecule has 4 aromatic rings. The van der Waals surface area contributed by atoms with Crippen LogP contribution >= 0.6 is 0 Å². The Morgan fingerprint density at radius 3 is 2.55 bits per heavy atom. The number of halogens is 3. The Labute approximate surface area is 215 Å². The van der Waals surface area contributed by atoms with E-state index in [1.807, 2.05) is 4.57 Å². The van der Waals surface area contributed by atoms with E-state index in [0.717, 1.165) is 49.9 Å². The van der Waals surface area contributed by atoms with Gasteiger partial charge in [-0.15, -0.1) is 13.2 Å². The van der Waals surface area contributed by atoms with Crippen molar-refractivity contribution in [1.82, 2.24) is 14.5 Å². The van der Waals surface area contributed by atoms with Gasteiger partial charge in [0.2, 0.25) is 0 Å². The average Bonchev–Trinajstić information content (AvgIpc) is 3.51. The standard InChI is InChI=1S/C25H22F3N5O4S/c26-25(27,28)37-18-9-4-10-19(12-18)38(35,36)32-16-6-3-5-15(11-16)22(34)20-13-33(17-7-1-2-8-17)24-21(20)23(29)30-14-31-24/h3-6,9-14,17,32H,1-2,7-8H2,(H2,29,30,31). The molecule has 2 heterocycles. The Bertz CT molecular complexity index is 1630. The molecule has 0 aliphatic heterocycles. The zero-order valence-electron chi connectivity index (χ0n) is 19.8. The van der Waals surface area contributed by atoms with Crippen LogP contribution in [-0.2, 0) is 10.0 Å². The molecule has 38 heavy (non-hydrogen) atoms. The van der Waals surface area contributed by atoms with Crippen LogP contribution in [0.15, 0.2) is 66.0 Å². The topological polar surface area (TPSA) is 129 Å². The first kappa shape index (κ1) is 25.5. The minimum absolute atomic E-state index is 0.0433. The van der Waals surface area contributed by atoms with E-state index in [9.17, 15) is 26.4 Å². The van der Waals surface area contributed by atoms with Gasteiger partial charge >= 0.3 is 6.36 Å². The number of nitrogen functional groups attached to an aromatic ring is 1. The minimum Gasteiger partial charge on any atom is -0.406 e. The van der Waals surface area contributed by atoms with Crippen LogP contribution in [0.1, 0.15) is 47.6 Å². The molecule has 1 fully saturated rings. The summed E-state index contributed by atoms with van der Waals surface area (Å²) in [4.78, 5) is 21.5. The molecule has 2 aromatic heterocycles. The van der Waals surface area contributed by atoms with Gasteiger partial charge in [0.05, 0.1) is 15.8 Å². The molecule has 0 bridgehead atoms. The summed E-state index contributed by atoms with van der Waals surface area (Å²) >= 11 is 0. The lowest BCUT2D eigenvalue weighted by molar-refractivity contribution is -0.274. The van der Waals surface area contributed by atoms with Gasteiger partial charge in [0, 0.05) is 29.6 Å². The van der Waals surface area contributed by atoms with Gasteiger partial charge in [-0.25, -0.2) is 18.4 Å². The molecule has 1 saturated carbocycles. The first-order chi connectivity index (χ1) is 18.0. The maximum atomic E-state index is 13.6. The molecule has 198 valence electrons. The fourth-order valence-electron chi connectivity index (χ4n) is 4.67. The maximum absolute atomic E-state index is 13.6. The molecule has 0 saturated heterocycles. The first-order valence-electron chi connectivity index (χ1n) is 11.7. The van der Waals surface area contributed by atoms with Crippen molar-refractivity contribution in [2.75, 3.05) is 10.5 Å². The number of rotatable bonds is 7. The SMILES string of the molecule is Nc1ncnc2c1c(C(=O)c1cccc(NS(=O)(=O)c3cccc(OC(F)(F)F)c3)c1)cn2C1CCCC1. The summed E-state index contributed by atoms with van der Waals surface area (Å²) in [6.45, 7) is 0. The van der Waals surface area contributed by atoms with Crippen molar-refractivity contribution in [3.05, 3.63) is 72.2 Å². The Morgan fingerprint density at radius 1 is 1.08 bits per heavy atom. The molecule has 2 aromatic carbocycles. The van der Waals surface area contributed by atoms with Gasteiger partial charge < -0.3 is 15.0 Å². The summed E-state index contributed by atoms with van der Waals surface area (Å²) < 4.78 is 71.5. The number of hydrogen-bond acceptors (Lipinski definition) is 7. The van der Waals surface area contributed by atoms with E-state index in [1.165, 1.54) is 30.6 Å². The van der Waals surface area contributed by atoms with Crippen molar-refractivity contribution in [3.63, 3.8) is 0 Å². The van der Waals surface area contributed by atoms with E-state index in [4.69, 9.17) is 5.73 Å². The normalized spacial score (nSPS) is 14.6. The van der Waals surface area contributed by atoms with Gasteiger partial charge in [-0.2, -0.15) is 0 Å². The van der Waals surface area contributed by atoms with Crippen LogP contribution in [-0.4, -0.2) is 35.1 Å². The highest BCUT2D eigenvalue weighted by Crippen LogP contribution is 2.36. The predicted molar refractivity (Wildman–Crippen MR) is 133 cm³/mol. The summed E-state index contributed by atoms with van der Waals surface area (Å²) in [7, 11) is -4.30. The van der Waals surface area contributed by atoms with Crippen LogP contribution in [0.25, 0.3) is 11.0 Å². The molecule has 0 atom stereocenters. The third-order valence-corrected chi connectivity index (χ3v) is 7.71. The van der Waals surface area contributed by atoms with Crippen molar-refractivity contribution in [2.45, 2.75) is 43.0 Å². The van der Waals surface area contributed by atoms with Gasteiger partial charge in [-0.3, -0.25) is 9.52 Å². The Balaban J connectivity index is 1.46. The quantitative estimate of drug-likeness (QED) is 0.311. The van der Waals surface area contributed by atoms with Crippen molar-refractivity contribution < 1.29 is 31.1 Å². The van der Waals surface area contributed by atoms with E-state index in [1.54, 1.807) is 6.20 Å². The monoisotopic (exact) mass is 545 g/mol. The lowest BCUT2D eigenvalue weighted by Gasteiger charge is -2.12. The molecule has 1 aliphatic carbocycles. The number of ether oxygens (including phenoxy) is 1. The number of sulfonamides is 1. The lowest BCUT2D eigenvalue weighted by atomic mass is 10.0. The molecule has 0 amide bonds. The lowest BCUT2D eigenvalue weighted by Crippen LogP contribution is -2.18. The number of aromatic nitrogens is 3. The molecule has 1 aliphatic rings. The van der Waals surface area contributed by atoms with E-state index in [0.29, 0.717) is 16.6 Å². The second-order valence-corrected chi connectivity index (χ2v) is 10.6. The van der Waals surface area contributed by atoms with Gasteiger partial charge in [-0.1, -0.05) is 31.0 Å². The van der Waals surface area contributed by atoms with Crippen LogP contribution in [0, 0.1) is 0 Å². The third-order valence-electron chi connectivity index (χ3n) is 6.33. The van der Waals surface area contributed by atoms with Crippen LogP contribution in [0.5, 0.6) is 5.75 Å². The fourth-order valence-corrected chi connectivity index (χ4v) is 5.76. The van der Waals surface area contributed by atoms with Crippen molar-refractivity contribution in [3.8, 4) is 5.75 Å². The molecule has 0 spiro atoms. The predicted octanol–water partition coefficient (Wildman–Crippen LogP) is 5.06. The van der Waals surface area contributed by atoms with Crippen molar-refractivity contribution in [2.24, 2.45) is 0 Å². The highest BCUT2D eigenvalue weighted by Gasteiger charge is 2.31. The molecule has 5 rings (SSSR count). The number of carbonyl (C=O) groups excluding carboxylic acids is 1. The highest BCUT2D eigenvalue weighted by molar-refractivity contribution is 7.92. The zero-order valence-corrected chi connectivity index (χ0v) is 20.6. The molecule has 13 heteroatoms. The smallest absolute Gasteiger partial charge is 0.406 e. The number of carbonyl (C=O) groups is 1. The molecular formula is C25H22F3N5O4S. The zero-order chi connectivity index (χ0) is 27.1. The largest absolute Gasteiger partial charge is 0.573 e. The third kappa shape index (κ3) is 5.14. The number of nitrogens with one attached hydrogen (secondary N) is 1. The maximum Gasteiger partial charge on any atom is 0.573 e. The van der Waals surface area contributed by atoms with Gasteiger partial charge in [0.15, 0.2) is 5.78 Å². The van der Waals surface area contributed by atoms with Crippen LogP contribution < -0.4 is 15.2 Å². The van der Waals surface area contributed by atoms with Gasteiger partial charge in [-0.05, 0) is 37.1 Å². The number of fused-ring (bicyclic) bond motifs is 1. The summed E-state index contributed by atoms with van der Waals surface area (Å²) in [5.41, 5.74) is 7.20. The number of nitrogens with zero attached hydrogens (tertiary/aromatic N) is 3. The molecular weight excluding hydrogens is 523 g/mol. The van der Waals surface area contributed by atoms with E-state index in [-0.39, 0.29) is 23.1 Å². The van der Waals surface area contributed by atoms with Crippen LogP contribution in [0.2, 0.25) is 0 Å². The molecule has 0 radical (unpaired) electrons. The molecule has 0 unspecified atom stereocenters. The number of hydrogen-bond donors (Lipinski definition) is 2. The van der Waals surface area contributed by atoms with Gasteiger partial charge in [0.25, 0.3) is 10.0 Å². The minimum atomic E-state index is -4.97. The number of ketones is 1. The fraction of sp³-hybridized carbons (Fsp3) is 0.240. The second-order valence-electron chi connectivity index (χ2n) is 8.88. The average molecular weight is 546 g/mol. The van der Waals surface area contributed by atoms with Gasteiger partial charge in [0.1, 0.15) is 23.5 Å². The van der Waals surface area contributed by atoms with E-state index in [2.05, 4.69) is 19.4 Å². The summed E-state index contributed by atoms with van der Waals surface area (Å²) in [5, 5.41) is 0.428. The van der Waals surface area contributed by atoms with Crippen molar-refractivity contribution >= 4 is 38.3 Å². The van der Waals surface area contributed by atoms with Crippen LogP contribution in [0.4, 0.5) is 24.7 Å².